The fraction of sp³-hybridized carbons (Fsp3) is 0.222. The van der Waals surface area contributed by atoms with E-state index in [1.54, 1.807) is 14.0 Å². The van der Waals surface area contributed by atoms with Crippen LogP contribution in [0.25, 0.3) is 0 Å². The van der Waals surface area contributed by atoms with Crippen molar-refractivity contribution < 1.29 is 9.53 Å². The van der Waals surface area contributed by atoms with Gasteiger partial charge in [0.1, 0.15) is 5.75 Å². The third kappa shape index (κ3) is 2.55. The lowest BCUT2D eigenvalue weighted by molar-refractivity contribution is 0.101. The molecule has 0 radical (unpaired) electrons. The summed E-state index contributed by atoms with van der Waals surface area (Å²) in [4.78, 5) is 11.2. The van der Waals surface area contributed by atoms with Crippen LogP contribution in [0.3, 0.4) is 0 Å². The van der Waals surface area contributed by atoms with Crippen molar-refractivity contribution in [3.8, 4) is 5.75 Å². The molecule has 0 saturated carbocycles. The largest absolute Gasteiger partial charge is 0.496 e. The molecule has 0 heterocycles. The fourth-order valence-electron chi connectivity index (χ4n) is 0.955. The molecule has 1 rings (SSSR count). The Morgan fingerprint density at radius 1 is 1.31 bits per heavy atom. The van der Waals surface area contributed by atoms with E-state index in [-0.39, 0.29) is 5.78 Å². The molecule has 0 saturated heterocycles. The number of ether oxygens (including phenoxy) is 1. The zero-order valence-corrected chi connectivity index (χ0v) is 11.5. The lowest BCUT2D eigenvalue weighted by Gasteiger charge is -2.06. The van der Waals surface area contributed by atoms with Gasteiger partial charge >= 0.3 is 0 Å². The summed E-state index contributed by atoms with van der Waals surface area (Å²) in [6.45, 7) is 1.57. The summed E-state index contributed by atoms with van der Waals surface area (Å²) in [5.41, 5.74) is 0.755. The molecule has 70 valence electrons. The smallest absolute Gasteiger partial charge is 0.160 e. The Hall–Kier alpha value is 0.150. The highest BCUT2D eigenvalue weighted by molar-refractivity contribution is 14.1. The molecule has 0 aliphatic heterocycles. The van der Waals surface area contributed by atoms with Crippen molar-refractivity contribution in [2.24, 2.45) is 0 Å². The molecule has 0 spiro atoms. The summed E-state index contributed by atoms with van der Waals surface area (Å²) in [5.74, 6) is 0.903. The van der Waals surface area contributed by atoms with Crippen LogP contribution >= 0.6 is 45.2 Å². The predicted octanol–water partition coefficient (Wildman–Crippen LogP) is 3.11. The van der Waals surface area contributed by atoms with Crippen LogP contribution in [0.4, 0.5) is 0 Å². The number of Topliss-reactive ketones (excluding diaryl/α,β-unsaturated/α-hetero) is 1. The number of rotatable bonds is 2. The fourth-order valence-corrected chi connectivity index (χ4v) is 2.46. The minimum atomic E-state index is 0.0879. The van der Waals surface area contributed by atoms with E-state index < -0.39 is 0 Å². The van der Waals surface area contributed by atoms with Gasteiger partial charge in [-0.15, -0.1) is 0 Å². The Morgan fingerprint density at radius 2 is 1.92 bits per heavy atom. The molecule has 0 atom stereocenters. The molecule has 0 aliphatic carbocycles. The van der Waals surface area contributed by atoms with E-state index in [9.17, 15) is 4.79 Å². The lowest BCUT2D eigenvalue weighted by atomic mass is 10.1. The van der Waals surface area contributed by atoms with Crippen molar-refractivity contribution in [2.45, 2.75) is 6.92 Å². The van der Waals surface area contributed by atoms with Crippen LogP contribution in [0.2, 0.25) is 0 Å². The van der Waals surface area contributed by atoms with Crippen LogP contribution in [0, 0.1) is 7.14 Å². The SMILES string of the molecule is COc1cc(I)c(C(C)=O)cc1I. The molecular formula is C9H8I2O2. The molecule has 0 amide bonds. The van der Waals surface area contributed by atoms with E-state index in [1.807, 2.05) is 12.1 Å². The number of hydrogen-bond donors (Lipinski definition) is 0. The zero-order chi connectivity index (χ0) is 10.0. The average Bonchev–Trinajstić information content (AvgIpc) is 2.07. The number of hydrogen-bond acceptors (Lipinski definition) is 2. The quantitative estimate of drug-likeness (QED) is 0.562. The van der Waals surface area contributed by atoms with Gasteiger partial charge in [0.2, 0.25) is 0 Å². The Morgan fingerprint density at radius 3 is 2.38 bits per heavy atom. The van der Waals surface area contributed by atoms with E-state index in [4.69, 9.17) is 4.74 Å². The van der Waals surface area contributed by atoms with E-state index in [0.717, 1.165) is 18.5 Å². The van der Waals surface area contributed by atoms with Crippen molar-refractivity contribution in [1.82, 2.24) is 0 Å². The van der Waals surface area contributed by atoms with Crippen molar-refractivity contribution in [2.75, 3.05) is 7.11 Å². The molecule has 0 bridgehead atoms. The van der Waals surface area contributed by atoms with E-state index >= 15 is 0 Å². The third-order valence-electron chi connectivity index (χ3n) is 1.62. The number of ketones is 1. The van der Waals surface area contributed by atoms with Crippen LogP contribution < -0.4 is 4.74 Å². The monoisotopic (exact) mass is 402 g/mol. The molecule has 2 nitrogen and oxygen atoms in total. The van der Waals surface area contributed by atoms with Gasteiger partial charge in [-0.25, -0.2) is 0 Å². The second kappa shape index (κ2) is 4.59. The highest BCUT2D eigenvalue weighted by Crippen LogP contribution is 2.26. The van der Waals surface area contributed by atoms with Gasteiger partial charge in [-0.2, -0.15) is 0 Å². The summed E-state index contributed by atoms with van der Waals surface area (Å²) in [6.07, 6.45) is 0. The van der Waals surface area contributed by atoms with Gasteiger partial charge < -0.3 is 4.74 Å². The number of benzene rings is 1. The summed E-state index contributed by atoms with van der Waals surface area (Å²) in [6, 6.07) is 3.72. The Bertz CT molecular complexity index is 348. The summed E-state index contributed by atoms with van der Waals surface area (Å²) >= 11 is 4.29. The first-order valence-corrected chi connectivity index (χ1v) is 5.76. The maximum atomic E-state index is 11.2. The van der Waals surface area contributed by atoms with Gasteiger partial charge in [-0.3, -0.25) is 4.79 Å². The topological polar surface area (TPSA) is 26.3 Å². The van der Waals surface area contributed by atoms with Crippen LogP contribution in [0.15, 0.2) is 12.1 Å². The van der Waals surface area contributed by atoms with E-state index in [1.165, 1.54) is 0 Å². The van der Waals surface area contributed by atoms with E-state index in [0.29, 0.717) is 0 Å². The summed E-state index contributed by atoms with van der Waals surface area (Å²) < 4.78 is 7.03. The predicted molar refractivity (Wildman–Crippen MR) is 68.4 cm³/mol. The molecule has 0 aliphatic rings. The first kappa shape index (κ1) is 11.2. The Kier molecular flexibility index (Phi) is 3.96. The molecule has 13 heavy (non-hydrogen) atoms. The zero-order valence-electron chi connectivity index (χ0n) is 7.23. The van der Waals surface area contributed by atoms with Gasteiger partial charge in [0.05, 0.1) is 10.7 Å². The third-order valence-corrected chi connectivity index (χ3v) is 3.36. The first-order valence-electron chi connectivity index (χ1n) is 3.60. The maximum absolute atomic E-state index is 11.2. The van der Waals surface area contributed by atoms with Gasteiger partial charge in [0.25, 0.3) is 0 Å². The summed E-state index contributed by atoms with van der Waals surface area (Å²) in [7, 11) is 1.63. The second-order valence-corrected chi connectivity index (χ2v) is 4.85. The molecule has 4 heteroatoms. The van der Waals surface area contributed by atoms with Gasteiger partial charge in [0, 0.05) is 9.13 Å². The van der Waals surface area contributed by atoms with Crippen LogP contribution in [0.1, 0.15) is 17.3 Å². The van der Waals surface area contributed by atoms with Crippen LogP contribution in [0.5, 0.6) is 5.75 Å². The van der Waals surface area contributed by atoms with Crippen LogP contribution in [-0.4, -0.2) is 12.9 Å². The number of methoxy groups -OCH3 is 1. The number of carbonyl (C=O) groups is 1. The molecule has 1 aromatic carbocycles. The van der Waals surface area contributed by atoms with Crippen molar-refractivity contribution in [1.29, 1.82) is 0 Å². The number of halogens is 2. The van der Waals surface area contributed by atoms with Crippen LogP contribution in [-0.2, 0) is 0 Å². The minimum Gasteiger partial charge on any atom is -0.496 e. The molecule has 0 N–H and O–H groups in total. The normalized spacial score (nSPS) is 9.85. The minimum absolute atomic E-state index is 0.0879. The van der Waals surface area contributed by atoms with Gasteiger partial charge in [-0.05, 0) is 64.2 Å². The van der Waals surface area contributed by atoms with Gasteiger partial charge in [-0.1, -0.05) is 0 Å². The molecule has 0 fully saturated rings. The highest BCUT2D eigenvalue weighted by atomic mass is 127. The first-order chi connectivity index (χ1) is 6.06. The van der Waals surface area contributed by atoms with Gasteiger partial charge in [0.15, 0.2) is 5.78 Å². The molecule has 0 aromatic heterocycles. The highest BCUT2D eigenvalue weighted by Gasteiger charge is 2.09. The van der Waals surface area contributed by atoms with Crippen molar-refractivity contribution in [3.63, 3.8) is 0 Å². The molecule has 1 aromatic rings. The second-order valence-electron chi connectivity index (χ2n) is 2.52. The molecular weight excluding hydrogens is 394 g/mol. The maximum Gasteiger partial charge on any atom is 0.160 e. The van der Waals surface area contributed by atoms with Crippen molar-refractivity contribution in [3.05, 3.63) is 24.8 Å². The Labute approximate surface area is 104 Å². The standard InChI is InChI=1S/C9H8I2O2/c1-5(12)6-3-8(11)9(13-2)4-7(6)10/h3-4H,1-2H3. The lowest BCUT2D eigenvalue weighted by Crippen LogP contribution is -1.98. The number of carbonyl (C=O) groups excluding carboxylic acids is 1. The summed E-state index contributed by atoms with van der Waals surface area (Å²) in [5, 5.41) is 0. The van der Waals surface area contributed by atoms with E-state index in [2.05, 4.69) is 45.2 Å². The van der Waals surface area contributed by atoms with Crippen molar-refractivity contribution >= 4 is 51.0 Å². The Balaban J connectivity index is 3.28. The molecule has 0 unspecified atom stereocenters. The average molecular weight is 402 g/mol.